The molecule has 0 aromatic rings. The van der Waals surface area contributed by atoms with Gasteiger partial charge in [-0.2, -0.15) is 5.10 Å². The van der Waals surface area contributed by atoms with E-state index in [0.717, 1.165) is 12.2 Å². The summed E-state index contributed by atoms with van der Waals surface area (Å²) in [4.78, 5) is 0. The smallest absolute Gasteiger partial charge is 0.177 e. The number of amidine groups is 1. The topological polar surface area (TPSA) is 82.9 Å². The number of ether oxygens (including phenoxy) is 2. The van der Waals surface area contributed by atoms with Gasteiger partial charge in [0.05, 0.1) is 13.2 Å². The highest BCUT2D eigenvalue weighted by atomic mass is 32.2. The molecule has 0 bridgehead atoms. The fourth-order valence-corrected chi connectivity index (χ4v) is 1.17. The SMILES string of the molecule is COCCOCCCSC(N)=NN. The molecule has 13 heavy (non-hydrogen) atoms. The van der Waals surface area contributed by atoms with E-state index in [0.29, 0.717) is 25.0 Å². The van der Waals surface area contributed by atoms with Crippen molar-refractivity contribution in [1.29, 1.82) is 0 Å². The lowest BCUT2D eigenvalue weighted by atomic mass is 10.5. The monoisotopic (exact) mass is 207 g/mol. The van der Waals surface area contributed by atoms with Crippen molar-refractivity contribution in [1.82, 2.24) is 0 Å². The van der Waals surface area contributed by atoms with Gasteiger partial charge >= 0.3 is 0 Å². The fraction of sp³-hybridized carbons (Fsp3) is 0.857. The molecular formula is C7H17N3O2S. The normalized spacial score (nSPS) is 11.9. The van der Waals surface area contributed by atoms with Crippen molar-refractivity contribution < 1.29 is 9.47 Å². The highest BCUT2D eigenvalue weighted by molar-refractivity contribution is 8.13. The summed E-state index contributed by atoms with van der Waals surface area (Å²) in [5.41, 5.74) is 5.36. The van der Waals surface area contributed by atoms with Crippen LogP contribution in [-0.4, -0.2) is 37.9 Å². The number of nitrogens with two attached hydrogens (primary N) is 2. The van der Waals surface area contributed by atoms with Crippen LogP contribution in [0.4, 0.5) is 0 Å². The van der Waals surface area contributed by atoms with Gasteiger partial charge in [0.1, 0.15) is 0 Å². The molecule has 0 aromatic carbocycles. The summed E-state index contributed by atoms with van der Waals surface area (Å²) >= 11 is 1.43. The lowest BCUT2D eigenvalue weighted by molar-refractivity contribution is 0.0714. The Hall–Kier alpha value is -0.460. The van der Waals surface area contributed by atoms with Crippen molar-refractivity contribution in [2.24, 2.45) is 16.7 Å². The third kappa shape index (κ3) is 9.45. The molecule has 0 saturated carbocycles. The van der Waals surface area contributed by atoms with Gasteiger partial charge in [0.15, 0.2) is 5.17 Å². The van der Waals surface area contributed by atoms with E-state index in [1.165, 1.54) is 11.8 Å². The maximum absolute atomic E-state index is 5.36. The zero-order valence-electron chi connectivity index (χ0n) is 7.86. The van der Waals surface area contributed by atoms with Crippen LogP contribution in [0.15, 0.2) is 5.10 Å². The Bertz CT molecular complexity index is 144. The first kappa shape index (κ1) is 12.5. The molecule has 0 aromatic heterocycles. The van der Waals surface area contributed by atoms with Crippen LogP contribution >= 0.6 is 11.8 Å². The number of hydrazone groups is 1. The molecule has 0 radical (unpaired) electrons. The second kappa shape index (κ2) is 9.63. The second-order valence-electron chi connectivity index (χ2n) is 2.27. The third-order valence-electron chi connectivity index (χ3n) is 1.24. The molecular weight excluding hydrogens is 190 g/mol. The molecule has 0 unspecified atom stereocenters. The summed E-state index contributed by atoms with van der Waals surface area (Å²) in [6.45, 7) is 2.00. The van der Waals surface area contributed by atoms with Gasteiger partial charge in [-0.3, -0.25) is 0 Å². The summed E-state index contributed by atoms with van der Waals surface area (Å²) < 4.78 is 10.1. The van der Waals surface area contributed by atoms with E-state index >= 15 is 0 Å². The van der Waals surface area contributed by atoms with Crippen LogP contribution in [-0.2, 0) is 9.47 Å². The Morgan fingerprint density at radius 2 is 2.15 bits per heavy atom. The number of rotatable bonds is 7. The van der Waals surface area contributed by atoms with Crippen LogP contribution in [0.5, 0.6) is 0 Å². The van der Waals surface area contributed by atoms with Crippen molar-refractivity contribution >= 4 is 16.9 Å². The minimum absolute atomic E-state index is 0.414. The van der Waals surface area contributed by atoms with Crippen molar-refractivity contribution in [2.75, 3.05) is 32.7 Å². The standard InChI is InChI=1S/C7H17N3O2S/c1-11-4-5-12-3-2-6-13-7(8)10-9/h2-6,9H2,1H3,(H2,8,10). The largest absolute Gasteiger partial charge is 0.382 e. The highest BCUT2D eigenvalue weighted by Gasteiger charge is 1.93. The quantitative estimate of drug-likeness (QED) is 0.201. The summed E-state index contributed by atoms with van der Waals surface area (Å²) in [6, 6.07) is 0. The van der Waals surface area contributed by atoms with E-state index in [1.807, 2.05) is 0 Å². The second-order valence-corrected chi connectivity index (χ2v) is 3.39. The molecule has 4 N–H and O–H groups in total. The predicted molar refractivity (Wildman–Crippen MR) is 55.6 cm³/mol. The third-order valence-corrected chi connectivity index (χ3v) is 2.14. The van der Waals surface area contributed by atoms with Gasteiger partial charge in [-0.1, -0.05) is 11.8 Å². The fourth-order valence-electron chi connectivity index (χ4n) is 0.619. The zero-order chi connectivity index (χ0) is 9.94. The molecule has 0 rings (SSSR count). The molecule has 6 heteroatoms. The number of hydrogen-bond donors (Lipinski definition) is 2. The molecule has 0 aliphatic rings. The van der Waals surface area contributed by atoms with Gasteiger partial charge in [0, 0.05) is 19.5 Å². The Kier molecular flexibility index (Phi) is 9.29. The zero-order valence-corrected chi connectivity index (χ0v) is 8.68. The molecule has 5 nitrogen and oxygen atoms in total. The van der Waals surface area contributed by atoms with Gasteiger partial charge in [0.25, 0.3) is 0 Å². The number of hydrogen-bond acceptors (Lipinski definition) is 5. The van der Waals surface area contributed by atoms with Crippen LogP contribution in [0.25, 0.3) is 0 Å². The Labute approximate surface area is 82.8 Å². The molecule has 78 valence electrons. The number of nitrogens with zero attached hydrogens (tertiary/aromatic N) is 1. The van der Waals surface area contributed by atoms with Gasteiger partial charge in [-0.05, 0) is 6.42 Å². The maximum atomic E-state index is 5.36. The summed E-state index contributed by atoms with van der Waals surface area (Å²) in [5, 5.41) is 3.75. The Morgan fingerprint density at radius 3 is 2.77 bits per heavy atom. The van der Waals surface area contributed by atoms with Crippen molar-refractivity contribution in [2.45, 2.75) is 6.42 Å². The average molecular weight is 207 g/mol. The average Bonchev–Trinajstić information content (AvgIpc) is 2.16. The lowest BCUT2D eigenvalue weighted by Gasteiger charge is -2.02. The molecule has 0 spiro atoms. The minimum Gasteiger partial charge on any atom is -0.382 e. The first-order chi connectivity index (χ1) is 6.31. The molecule has 0 saturated heterocycles. The maximum Gasteiger partial charge on any atom is 0.177 e. The van der Waals surface area contributed by atoms with Crippen LogP contribution < -0.4 is 11.6 Å². The van der Waals surface area contributed by atoms with E-state index < -0.39 is 0 Å². The van der Waals surface area contributed by atoms with Crippen LogP contribution in [0.1, 0.15) is 6.42 Å². The number of methoxy groups -OCH3 is 1. The number of thioether (sulfide) groups is 1. The first-order valence-electron chi connectivity index (χ1n) is 4.04. The minimum atomic E-state index is 0.414. The Balaban J connectivity index is 3.00. The van der Waals surface area contributed by atoms with Gasteiger partial charge in [-0.15, -0.1) is 0 Å². The summed E-state index contributed by atoms with van der Waals surface area (Å²) in [5.74, 6) is 5.82. The summed E-state index contributed by atoms with van der Waals surface area (Å²) in [7, 11) is 1.65. The molecule has 0 amide bonds. The van der Waals surface area contributed by atoms with Gasteiger partial charge in [0.2, 0.25) is 0 Å². The van der Waals surface area contributed by atoms with Crippen molar-refractivity contribution in [3.8, 4) is 0 Å². The van der Waals surface area contributed by atoms with Crippen LogP contribution in [0.3, 0.4) is 0 Å². The molecule has 0 heterocycles. The van der Waals surface area contributed by atoms with E-state index in [1.54, 1.807) is 7.11 Å². The van der Waals surface area contributed by atoms with Gasteiger partial charge in [-0.25, -0.2) is 0 Å². The lowest BCUT2D eigenvalue weighted by Crippen LogP contribution is -2.10. The van der Waals surface area contributed by atoms with E-state index in [2.05, 4.69) is 5.10 Å². The Morgan fingerprint density at radius 1 is 1.38 bits per heavy atom. The summed E-state index contributed by atoms with van der Waals surface area (Å²) in [6.07, 6.45) is 0.935. The van der Waals surface area contributed by atoms with Crippen molar-refractivity contribution in [3.05, 3.63) is 0 Å². The predicted octanol–water partition coefficient (Wildman–Crippen LogP) is -0.0389. The van der Waals surface area contributed by atoms with Crippen LogP contribution in [0.2, 0.25) is 0 Å². The highest BCUT2D eigenvalue weighted by Crippen LogP contribution is 2.01. The van der Waals surface area contributed by atoms with E-state index in [9.17, 15) is 0 Å². The molecule has 0 fully saturated rings. The van der Waals surface area contributed by atoms with Crippen LogP contribution in [0, 0.1) is 0 Å². The van der Waals surface area contributed by atoms with E-state index in [-0.39, 0.29) is 0 Å². The first-order valence-corrected chi connectivity index (χ1v) is 5.02. The van der Waals surface area contributed by atoms with E-state index in [4.69, 9.17) is 21.1 Å². The van der Waals surface area contributed by atoms with Gasteiger partial charge < -0.3 is 21.1 Å². The molecule has 0 aliphatic carbocycles. The van der Waals surface area contributed by atoms with Crippen molar-refractivity contribution in [3.63, 3.8) is 0 Å². The molecule has 0 aliphatic heterocycles. The molecule has 0 atom stereocenters.